The largest absolute Gasteiger partial charge is 0.459 e. The van der Waals surface area contributed by atoms with E-state index in [1.165, 1.54) is 43.3 Å². The molecule has 1 fully saturated rings. The molecule has 0 unspecified atom stereocenters. The summed E-state index contributed by atoms with van der Waals surface area (Å²) in [5.74, 6) is -4.42. The minimum atomic E-state index is -5.02. The van der Waals surface area contributed by atoms with Gasteiger partial charge in [-0.05, 0) is 31.2 Å². The number of aromatic nitrogens is 2. The number of hydrogen-bond acceptors (Lipinski definition) is 7. The van der Waals surface area contributed by atoms with E-state index in [1.807, 2.05) is 4.98 Å². The second-order valence-corrected chi connectivity index (χ2v) is 8.31. The van der Waals surface area contributed by atoms with Gasteiger partial charge in [0.1, 0.15) is 24.7 Å². The van der Waals surface area contributed by atoms with Crippen molar-refractivity contribution in [2.75, 3.05) is 6.61 Å². The number of alkyl halides is 3. The van der Waals surface area contributed by atoms with E-state index < -0.39 is 60.3 Å². The highest BCUT2D eigenvalue weighted by Gasteiger charge is 2.61. The van der Waals surface area contributed by atoms with Crippen LogP contribution in [0.5, 0.6) is 0 Å². The zero-order chi connectivity index (χ0) is 26.7. The van der Waals surface area contributed by atoms with E-state index in [9.17, 15) is 32.3 Å². The first-order chi connectivity index (χ1) is 17.6. The van der Waals surface area contributed by atoms with Crippen molar-refractivity contribution >= 4 is 11.9 Å². The number of aromatic amines is 1. The number of hydrogen-bond donors (Lipinski definition) is 1. The maximum atomic E-state index is 14.4. The van der Waals surface area contributed by atoms with Crippen LogP contribution < -0.4 is 11.2 Å². The molecule has 37 heavy (non-hydrogen) atoms. The first-order valence-corrected chi connectivity index (χ1v) is 11.1. The van der Waals surface area contributed by atoms with E-state index >= 15 is 0 Å². The number of carbonyl (C=O) groups is 2. The van der Waals surface area contributed by atoms with Crippen LogP contribution in [0.15, 0.2) is 76.4 Å². The number of benzene rings is 2. The number of esters is 2. The molecule has 3 aromatic rings. The summed E-state index contributed by atoms with van der Waals surface area (Å²) < 4.78 is 59.7. The minimum absolute atomic E-state index is 0.0102. The fourth-order valence-electron chi connectivity index (χ4n) is 3.96. The number of halogens is 3. The van der Waals surface area contributed by atoms with Crippen molar-refractivity contribution in [1.82, 2.24) is 9.55 Å². The van der Waals surface area contributed by atoms with Gasteiger partial charge in [-0.25, -0.2) is 14.4 Å². The second kappa shape index (κ2) is 10.4. The highest BCUT2D eigenvalue weighted by Crippen LogP contribution is 2.46. The highest BCUT2D eigenvalue weighted by molar-refractivity contribution is 5.90. The zero-order valence-corrected chi connectivity index (χ0v) is 19.3. The molecule has 194 valence electrons. The lowest BCUT2D eigenvalue weighted by atomic mass is 9.98. The van der Waals surface area contributed by atoms with E-state index in [-0.39, 0.29) is 16.7 Å². The van der Waals surface area contributed by atoms with Gasteiger partial charge in [0.25, 0.3) is 5.56 Å². The lowest BCUT2D eigenvalue weighted by Gasteiger charge is -2.26. The molecule has 1 saturated heterocycles. The van der Waals surface area contributed by atoms with Gasteiger partial charge in [-0.15, -0.1) is 0 Å². The average Bonchev–Trinajstić information content (AvgIpc) is 3.24. The molecule has 12 heteroatoms. The van der Waals surface area contributed by atoms with E-state index in [4.69, 9.17) is 14.2 Å². The van der Waals surface area contributed by atoms with Gasteiger partial charge in [0, 0.05) is 11.8 Å². The maximum Gasteiger partial charge on any atom is 0.399 e. The first-order valence-electron chi connectivity index (χ1n) is 11.1. The molecule has 1 N–H and O–H groups in total. The molecule has 2 aromatic carbocycles. The van der Waals surface area contributed by atoms with Crippen molar-refractivity contribution in [1.29, 1.82) is 0 Å². The molecule has 1 aromatic heterocycles. The van der Waals surface area contributed by atoms with Crippen LogP contribution in [0.3, 0.4) is 0 Å². The van der Waals surface area contributed by atoms with Crippen molar-refractivity contribution in [2.45, 2.75) is 31.5 Å². The summed E-state index contributed by atoms with van der Waals surface area (Å²) >= 11 is 0. The van der Waals surface area contributed by atoms with Crippen LogP contribution in [-0.4, -0.2) is 46.5 Å². The van der Waals surface area contributed by atoms with Crippen molar-refractivity contribution in [2.24, 2.45) is 5.92 Å². The van der Waals surface area contributed by atoms with Gasteiger partial charge >= 0.3 is 23.8 Å². The highest BCUT2D eigenvalue weighted by atomic mass is 19.4. The fourth-order valence-corrected chi connectivity index (χ4v) is 3.96. The molecular formula is C25H21F3N2O7. The van der Waals surface area contributed by atoms with Gasteiger partial charge in [-0.2, -0.15) is 13.2 Å². The quantitative estimate of drug-likeness (QED) is 0.499. The summed E-state index contributed by atoms with van der Waals surface area (Å²) in [7, 11) is 0. The summed E-state index contributed by atoms with van der Waals surface area (Å²) in [6.07, 6.45) is -9.68. The van der Waals surface area contributed by atoms with Crippen LogP contribution in [-0.2, 0) is 14.2 Å². The Hall–Kier alpha value is -4.19. The van der Waals surface area contributed by atoms with Crippen LogP contribution in [0.25, 0.3) is 0 Å². The number of carbonyl (C=O) groups excluding carboxylic acids is 2. The summed E-state index contributed by atoms with van der Waals surface area (Å²) in [5, 5.41) is 0. The number of nitrogens with zero attached hydrogens (tertiary/aromatic N) is 1. The molecule has 4 atom stereocenters. The number of aryl methyl sites for hydroxylation is 1. The van der Waals surface area contributed by atoms with Gasteiger partial charge in [0.05, 0.1) is 11.1 Å². The zero-order valence-electron chi connectivity index (χ0n) is 19.3. The Morgan fingerprint density at radius 3 is 2.11 bits per heavy atom. The summed E-state index contributed by atoms with van der Waals surface area (Å²) in [6.45, 7) is 0.596. The summed E-state index contributed by atoms with van der Waals surface area (Å²) in [6, 6.07) is 15.1. The molecule has 2 heterocycles. The van der Waals surface area contributed by atoms with Crippen molar-refractivity contribution < 1.29 is 37.0 Å². The van der Waals surface area contributed by atoms with Crippen molar-refractivity contribution in [3.63, 3.8) is 0 Å². The normalized spacial score (nSPS) is 21.4. The Balaban J connectivity index is 1.70. The van der Waals surface area contributed by atoms with Gasteiger partial charge in [0.15, 0.2) is 6.23 Å². The summed E-state index contributed by atoms with van der Waals surface area (Å²) in [5.41, 5.74) is -1.83. The lowest BCUT2D eigenvalue weighted by Crippen LogP contribution is -2.44. The first kappa shape index (κ1) is 25.9. The Kier molecular flexibility index (Phi) is 7.30. The molecule has 0 saturated carbocycles. The van der Waals surface area contributed by atoms with Crippen LogP contribution in [0.1, 0.15) is 32.5 Å². The SMILES string of the molecule is Cc1cn([C@H]2O[C@H](COC(=O)c3ccccc3)[C@@H](OC(=O)c3ccccc3)[C@H]2C(F)(F)F)c(=O)[nH]c1=O. The third kappa shape index (κ3) is 5.64. The van der Waals surface area contributed by atoms with Gasteiger partial charge < -0.3 is 14.2 Å². The standard InChI is InChI=1S/C25H21F3N2O7/c1-14-12-30(24(34)29-20(14)31)21-18(25(26,27)28)19(37-23(33)16-10-6-3-7-11-16)17(36-21)13-35-22(32)15-8-4-2-5-9-15/h2-12,17-19,21H,13H2,1H3,(H,29,31,34)/t17-,18-,19-,21+/m1/s1. The smallest absolute Gasteiger partial charge is 0.399 e. The number of ether oxygens (including phenoxy) is 3. The molecule has 0 radical (unpaired) electrons. The van der Waals surface area contributed by atoms with E-state index in [2.05, 4.69) is 0 Å². The van der Waals surface area contributed by atoms with E-state index in [1.54, 1.807) is 24.3 Å². The Morgan fingerprint density at radius 1 is 0.973 bits per heavy atom. The molecule has 4 rings (SSSR count). The van der Waals surface area contributed by atoms with Crippen molar-refractivity contribution in [3.8, 4) is 0 Å². The average molecular weight is 518 g/mol. The monoisotopic (exact) mass is 518 g/mol. The molecule has 0 amide bonds. The lowest BCUT2D eigenvalue weighted by molar-refractivity contribution is -0.211. The van der Waals surface area contributed by atoms with E-state index in [0.29, 0.717) is 4.57 Å². The third-order valence-corrected chi connectivity index (χ3v) is 5.78. The predicted octanol–water partition coefficient (Wildman–Crippen LogP) is 3.00. The molecular weight excluding hydrogens is 497 g/mol. The number of nitrogens with one attached hydrogen (secondary N) is 1. The number of H-pyrrole nitrogens is 1. The molecule has 1 aliphatic rings. The Bertz CT molecular complexity index is 1390. The molecule has 0 spiro atoms. The van der Waals surface area contributed by atoms with Crippen molar-refractivity contribution in [3.05, 3.63) is 104 Å². The van der Waals surface area contributed by atoms with Crippen LogP contribution >= 0.6 is 0 Å². The predicted molar refractivity (Wildman–Crippen MR) is 122 cm³/mol. The molecule has 9 nitrogen and oxygen atoms in total. The molecule has 0 aliphatic carbocycles. The van der Waals surface area contributed by atoms with Crippen LogP contribution in [0.4, 0.5) is 13.2 Å². The maximum absolute atomic E-state index is 14.4. The van der Waals surface area contributed by atoms with Gasteiger partial charge in [0.2, 0.25) is 0 Å². The molecule has 0 bridgehead atoms. The number of rotatable bonds is 6. The third-order valence-electron chi connectivity index (χ3n) is 5.78. The van der Waals surface area contributed by atoms with Gasteiger partial charge in [-0.3, -0.25) is 14.3 Å². The molecule has 1 aliphatic heterocycles. The summed E-state index contributed by atoms with van der Waals surface area (Å²) in [4.78, 5) is 51.3. The van der Waals surface area contributed by atoms with Crippen LogP contribution in [0, 0.1) is 12.8 Å². The Morgan fingerprint density at radius 2 is 1.54 bits per heavy atom. The minimum Gasteiger partial charge on any atom is -0.459 e. The van der Waals surface area contributed by atoms with Crippen LogP contribution in [0.2, 0.25) is 0 Å². The fraction of sp³-hybridized carbons (Fsp3) is 0.280. The van der Waals surface area contributed by atoms with Gasteiger partial charge in [-0.1, -0.05) is 36.4 Å². The second-order valence-electron chi connectivity index (χ2n) is 8.31. The van der Waals surface area contributed by atoms with E-state index in [0.717, 1.165) is 6.20 Å². The topological polar surface area (TPSA) is 117 Å². The Labute approximate surface area is 207 Å².